The lowest BCUT2D eigenvalue weighted by molar-refractivity contribution is -0.128. The number of carbonyl (C=O) groups excluding carboxylic acids is 2. The van der Waals surface area contributed by atoms with E-state index in [1.807, 2.05) is 6.92 Å². The molecular formula is C24H30F2N4O3. The molecule has 2 heterocycles. The van der Waals surface area contributed by atoms with Crippen molar-refractivity contribution in [3.63, 3.8) is 0 Å². The average molecular weight is 461 g/mol. The van der Waals surface area contributed by atoms with Crippen molar-refractivity contribution >= 4 is 11.8 Å². The summed E-state index contributed by atoms with van der Waals surface area (Å²) in [4.78, 5) is 28.1. The SMILES string of the molecule is CCNC(=O)[C@@H]1CN(C2CCCCC2)CC[C@H]1NC(=O)c1cc(-c2ccc(F)cc2F)on1. The van der Waals surface area contributed by atoms with Crippen LogP contribution in [0.25, 0.3) is 11.3 Å². The number of nitrogens with one attached hydrogen (secondary N) is 2. The van der Waals surface area contributed by atoms with Crippen molar-refractivity contribution < 1.29 is 22.9 Å². The van der Waals surface area contributed by atoms with Crippen LogP contribution in [0.5, 0.6) is 0 Å². The molecule has 33 heavy (non-hydrogen) atoms. The zero-order valence-corrected chi connectivity index (χ0v) is 18.8. The topological polar surface area (TPSA) is 87.5 Å². The number of nitrogens with zero attached hydrogens (tertiary/aromatic N) is 2. The molecule has 2 aliphatic rings. The molecule has 0 radical (unpaired) electrons. The van der Waals surface area contributed by atoms with Gasteiger partial charge in [0.2, 0.25) is 5.91 Å². The van der Waals surface area contributed by atoms with E-state index < -0.39 is 17.5 Å². The molecule has 2 fully saturated rings. The van der Waals surface area contributed by atoms with Gasteiger partial charge >= 0.3 is 0 Å². The minimum Gasteiger partial charge on any atom is -0.356 e. The Balaban J connectivity index is 1.45. The number of piperidine rings is 1. The van der Waals surface area contributed by atoms with Crippen LogP contribution in [0.4, 0.5) is 8.78 Å². The summed E-state index contributed by atoms with van der Waals surface area (Å²) in [5.74, 6) is -2.40. The maximum atomic E-state index is 14.0. The highest BCUT2D eigenvalue weighted by molar-refractivity contribution is 5.94. The molecule has 2 amide bonds. The van der Waals surface area contributed by atoms with Crippen molar-refractivity contribution in [2.45, 2.75) is 57.5 Å². The highest BCUT2D eigenvalue weighted by Gasteiger charge is 2.38. The van der Waals surface area contributed by atoms with Gasteiger partial charge in [0.25, 0.3) is 5.91 Å². The molecule has 1 aromatic carbocycles. The monoisotopic (exact) mass is 460 g/mol. The van der Waals surface area contributed by atoms with Crippen LogP contribution in [-0.2, 0) is 4.79 Å². The summed E-state index contributed by atoms with van der Waals surface area (Å²) in [6.07, 6.45) is 6.67. The minimum absolute atomic E-state index is 0.0157. The third-order valence-corrected chi connectivity index (χ3v) is 6.68. The first kappa shape index (κ1) is 23.4. The van der Waals surface area contributed by atoms with Crippen LogP contribution in [0.1, 0.15) is 55.9 Å². The molecule has 2 N–H and O–H groups in total. The van der Waals surface area contributed by atoms with Gasteiger partial charge < -0.3 is 15.2 Å². The molecule has 178 valence electrons. The number of hydrogen-bond acceptors (Lipinski definition) is 5. The average Bonchev–Trinajstić information content (AvgIpc) is 3.30. The first-order valence-corrected chi connectivity index (χ1v) is 11.7. The Morgan fingerprint density at radius 2 is 1.94 bits per heavy atom. The number of amides is 2. The molecule has 0 spiro atoms. The molecule has 9 heteroatoms. The molecular weight excluding hydrogens is 430 g/mol. The molecule has 2 aromatic rings. The molecule has 2 atom stereocenters. The fourth-order valence-corrected chi connectivity index (χ4v) is 4.94. The zero-order chi connectivity index (χ0) is 23.4. The van der Waals surface area contributed by atoms with E-state index in [9.17, 15) is 18.4 Å². The highest BCUT2D eigenvalue weighted by atomic mass is 19.1. The second kappa shape index (κ2) is 10.4. The summed E-state index contributed by atoms with van der Waals surface area (Å²) >= 11 is 0. The lowest BCUT2D eigenvalue weighted by atomic mass is 9.87. The molecule has 1 aliphatic carbocycles. The van der Waals surface area contributed by atoms with Gasteiger partial charge in [0, 0.05) is 43.9 Å². The van der Waals surface area contributed by atoms with Crippen molar-refractivity contribution in [2.24, 2.45) is 5.92 Å². The van der Waals surface area contributed by atoms with Crippen LogP contribution < -0.4 is 10.6 Å². The number of halogens is 2. The third-order valence-electron chi connectivity index (χ3n) is 6.68. The van der Waals surface area contributed by atoms with Gasteiger partial charge in [-0.15, -0.1) is 0 Å². The second-order valence-electron chi connectivity index (χ2n) is 8.86. The van der Waals surface area contributed by atoms with Gasteiger partial charge in [-0.1, -0.05) is 24.4 Å². The maximum Gasteiger partial charge on any atom is 0.273 e. The quantitative estimate of drug-likeness (QED) is 0.689. The fraction of sp³-hybridized carbons (Fsp3) is 0.542. The standard InChI is InChI=1S/C24H30F2N4O3/c1-2-27-23(31)18-14-30(16-6-4-3-5-7-16)11-10-20(18)28-24(32)21-13-22(33-29-21)17-9-8-15(25)12-19(17)26/h8-9,12-13,16,18,20H,2-7,10-11,14H2,1H3,(H,27,31)(H,28,32)/t18-,20-/m1/s1. The number of carbonyl (C=O) groups is 2. The number of likely N-dealkylation sites (tertiary alicyclic amines) is 1. The fourth-order valence-electron chi connectivity index (χ4n) is 4.94. The number of benzene rings is 1. The Labute approximate surface area is 191 Å². The van der Waals surface area contributed by atoms with Gasteiger partial charge in [0.15, 0.2) is 11.5 Å². The van der Waals surface area contributed by atoms with E-state index in [4.69, 9.17) is 4.52 Å². The summed E-state index contributed by atoms with van der Waals surface area (Å²) in [6.45, 7) is 3.82. The van der Waals surface area contributed by atoms with E-state index in [1.54, 1.807) is 0 Å². The van der Waals surface area contributed by atoms with Crippen LogP contribution >= 0.6 is 0 Å². The largest absolute Gasteiger partial charge is 0.356 e. The summed E-state index contributed by atoms with van der Waals surface area (Å²) in [5, 5.41) is 9.59. The summed E-state index contributed by atoms with van der Waals surface area (Å²) < 4.78 is 32.3. The molecule has 0 unspecified atom stereocenters. The summed E-state index contributed by atoms with van der Waals surface area (Å²) in [5.41, 5.74) is 0.00188. The Morgan fingerprint density at radius 1 is 1.15 bits per heavy atom. The number of rotatable bonds is 6. The van der Waals surface area contributed by atoms with E-state index in [2.05, 4.69) is 20.7 Å². The van der Waals surface area contributed by atoms with Crippen molar-refractivity contribution in [2.75, 3.05) is 19.6 Å². The maximum absolute atomic E-state index is 14.0. The molecule has 0 bridgehead atoms. The van der Waals surface area contributed by atoms with E-state index in [-0.39, 0.29) is 34.9 Å². The summed E-state index contributed by atoms with van der Waals surface area (Å²) in [7, 11) is 0. The Kier molecular flexibility index (Phi) is 7.37. The Morgan fingerprint density at radius 3 is 2.67 bits per heavy atom. The van der Waals surface area contributed by atoms with Crippen molar-refractivity contribution in [3.05, 3.63) is 41.6 Å². The van der Waals surface area contributed by atoms with Gasteiger partial charge in [0.05, 0.1) is 11.5 Å². The molecule has 1 saturated heterocycles. The van der Waals surface area contributed by atoms with Crippen LogP contribution in [0.2, 0.25) is 0 Å². The van der Waals surface area contributed by atoms with Crippen molar-refractivity contribution in [1.82, 2.24) is 20.7 Å². The Hall–Kier alpha value is -2.81. The molecule has 7 nitrogen and oxygen atoms in total. The molecule has 4 rings (SSSR count). The van der Waals surface area contributed by atoms with Gasteiger partial charge in [-0.3, -0.25) is 14.5 Å². The first-order chi connectivity index (χ1) is 16.0. The second-order valence-corrected chi connectivity index (χ2v) is 8.86. The van der Waals surface area contributed by atoms with Crippen molar-refractivity contribution in [3.8, 4) is 11.3 Å². The van der Waals surface area contributed by atoms with Gasteiger partial charge in [-0.05, 0) is 38.3 Å². The van der Waals surface area contributed by atoms with Gasteiger partial charge in [0.1, 0.15) is 11.6 Å². The van der Waals surface area contributed by atoms with Crippen LogP contribution in [0, 0.1) is 17.6 Å². The van der Waals surface area contributed by atoms with E-state index >= 15 is 0 Å². The first-order valence-electron chi connectivity index (χ1n) is 11.7. The van der Waals surface area contributed by atoms with E-state index in [1.165, 1.54) is 31.4 Å². The summed E-state index contributed by atoms with van der Waals surface area (Å²) in [6, 6.07) is 4.57. The molecule has 1 saturated carbocycles. The highest BCUT2D eigenvalue weighted by Crippen LogP contribution is 2.28. The van der Waals surface area contributed by atoms with Crippen LogP contribution in [0.15, 0.2) is 28.8 Å². The molecule has 1 aromatic heterocycles. The van der Waals surface area contributed by atoms with Crippen LogP contribution in [-0.4, -0.2) is 53.6 Å². The van der Waals surface area contributed by atoms with Gasteiger partial charge in [-0.2, -0.15) is 0 Å². The van der Waals surface area contributed by atoms with Gasteiger partial charge in [-0.25, -0.2) is 8.78 Å². The Bertz CT molecular complexity index is 990. The predicted molar refractivity (Wildman–Crippen MR) is 118 cm³/mol. The lowest BCUT2D eigenvalue weighted by Crippen LogP contribution is -2.57. The number of hydrogen-bond donors (Lipinski definition) is 2. The van der Waals surface area contributed by atoms with E-state index in [0.29, 0.717) is 25.6 Å². The molecule has 1 aliphatic heterocycles. The normalized spacial score (nSPS) is 22.2. The zero-order valence-electron chi connectivity index (χ0n) is 18.8. The predicted octanol–water partition coefficient (Wildman–Crippen LogP) is 3.51. The van der Waals surface area contributed by atoms with Crippen LogP contribution in [0.3, 0.4) is 0 Å². The number of aromatic nitrogens is 1. The van der Waals surface area contributed by atoms with E-state index in [0.717, 1.165) is 31.5 Å². The lowest BCUT2D eigenvalue weighted by Gasteiger charge is -2.43. The minimum atomic E-state index is -0.801. The smallest absolute Gasteiger partial charge is 0.273 e. The van der Waals surface area contributed by atoms with Crippen molar-refractivity contribution in [1.29, 1.82) is 0 Å². The third kappa shape index (κ3) is 5.40.